The summed E-state index contributed by atoms with van der Waals surface area (Å²) < 4.78 is 1.01. The van der Waals surface area contributed by atoms with Crippen LogP contribution in [0.3, 0.4) is 0 Å². The van der Waals surface area contributed by atoms with Crippen LogP contribution in [0, 0.1) is 0 Å². The molecule has 0 radical (unpaired) electrons. The lowest BCUT2D eigenvalue weighted by Gasteiger charge is -2.30. The van der Waals surface area contributed by atoms with Crippen LogP contribution in [-0.2, 0) is 6.54 Å². The molecule has 0 bridgehead atoms. The van der Waals surface area contributed by atoms with Crippen molar-refractivity contribution in [1.29, 1.82) is 0 Å². The highest BCUT2D eigenvalue weighted by atomic mass is 35.5. The molecule has 0 fully saturated rings. The van der Waals surface area contributed by atoms with Gasteiger partial charge in [0.05, 0.1) is 30.7 Å². The van der Waals surface area contributed by atoms with Crippen molar-refractivity contribution < 1.29 is 16.9 Å². The van der Waals surface area contributed by atoms with E-state index in [9.17, 15) is 0 Å². The minimum Gasteiger partial charge on any atom is -1.00 e. The molecule has 0 saturated carbocycles. The molecule has 0 amide bonds. The number of unbranched alkanes of at least 4 members (excludes halogenated alkanes) is 15. The van der Waals surface area contributed by atoms with Crippen LogP contribution in [0.4, 0.5) is 0 Å². The summed E-state index contributed by atoms with van der Waals surface area (Å²) in [6, 6.07) is 6.02. The largest absolute Gasteiger partial charge is 1.00 e. The number of quaternary nitrogens is 1. The number of rotatable bonds is 19. The first kappa shape index (κ1) is 31.0. The van der Waals surface area contributed by atoms with Crippen LogP contribution in [0.15, 0.2) is 18.2 Å². The molecular weight excluding hydrogens is 445 g/mol. The van der Waals surface area contributed by atoms with Gasteiger partial charge in [-0.05, 0) is 25.0 Å². The van der Waals surface area contributed by atoms with Crippen molar-refractivity contribution in [2.24, 2.45) is 0 Å². The summed E-state index contributed by atoms with van der Waals surface area (Å²) in [7, 11) is 4.63. The van der Waals surface area contributed by atoms with Crippen molar-refractivity contribution in [1.82, 2.24) is 0 Å². The monoisotopic (exact) mass is 491 g/mol. The van der Waals surface area contributed by atoms with Gasteiger partial charge in [-0.25, -0.2) is 0 Å². The molecule has 0 unspecified atom stereocenters. The molecule has 1 nitrogen and oxygen atoms in total. The van der Waals surface area contributed by atoms with Crippen molar-refractivity contribution in [2.75, 3.05) is 20.6 Å². The fourth-order valence-electron chi connectivity index (χ4n) is 4.30. The summed E-state index contributed by atoms with van der Waals surface area (Å²) >= 11 is 12.2. The summed E-state index contributed by atoms with van der Waals surface area (Å²) in [5.41, 5.74) is 1.27. The molecule has 1 aromatic carbocycles. The summed E-state index contributed by atoms with van der Waals surface area (Å²) in [5, 5.41) is 1.31. The van der Waals surface area contributed by atoms with E-state index in [0.717, 1.165) is 11.0 Å². The number of hydrogen-bond donors (Lipinski definition) is 0. The molecule has 1 rings (SSSR count). The molecule has 0 aliphatic heterocycles. The smallest absolute Gasteiger partial charge is 0.104 e. The number of benzene rings is 1. The molecule has 0 aliphatic rings. The Hall–Kier alpha value is 0.0500. The second kappa shape index (κ2) is 19.5. The topological polar surface area (TPSA) is 0 Å². The Morgan fingerprint density at radius 1 is 0.613 bits per heavy atom. The van der Waals surface area contributed by atoms with Crippen molar-refractivity contribution in [3.63, 3.8) is 0 Å². The summed E-state index contributed by atoms with van der Waals surface area (Å²) in [6.07, 6.45) is 22.8. The van der Waals surface area contributed by atoms with Gasteiger partial charge < -0.3 is 16.9 Å². The standard InChI is InChI=1S/C27H48Cl2N.ClH/c1-4-5-6-7-8-9-10-11-12-13-14-15-16-17-18-19-22-30(2,3)24-25-20-21-26(28)27(29)23-25;/h20-21,23H,4-19,22,24H2,1-3H3;1H/q+1;/p-1. The van der Waals surface area contributed by atoms with E-state index in [1.54, 1.807) is 0 Å². The quantitative estimate of drug-likeness (QED) is 0.146. The van der Waals surface area contributed by atoms with E-state index in [2.05, 4.69) is 27.1 Å². The Morgan fingerprint density at radius 3 is 1.45 bits per heavy atom. The fraction of sp³-hybridized carbons (Fsp3) is 0.778. The molecular formula is C27H48Cl3N. The van der Waals surface area contributed by atoms with E-state index in [4.69, 9.17) is 23.2 Å². The first-order chi connectivity index (χ1) is 14.4. The first-order valence-corrected chi connectivity index (χ1v) is 13.5. The molecule has 182 valence electrons. The van der Waals surface area contributed by atoms with Gasteiger partial charge in [0.25, 0.3) is 0 Å². The van der Waals surface area contributed by atoms with Crippen LogP contribution in [0.2, 0.25) is 10.0 Å². The van der Waals surface area contributed by atoms with Gasteiger partial charge in [0.2, 0.25) is 0 Å². The van der Waals surface area contributed by atoms with Crippen molar-refractivity contribution in [3.8, 4) is 0 Å². The zero-order valence-electron chi connectivity index (χ0n) is 20.5. The third-order valence-electron chi connectivity index (χ3n) is 6.21. The highest BCUT2D eigenvalue weighted by Gasteiger charge is 2.16. The molecule has 0 aliphatic carbocycles. The maximum absolute atomic E-state index is 6.15. The molecule has 31 heavy (non-hydrogen) atoms. The number of nitrogens with zero attached hydrogens (tertiary/aromatic N) is 1. The normalized spacial score (nSPS) is 11.5. The van der Waals surface area contributed by atoms with Crippen LogP contribution in [0.25, 0.3) is 0 Å². The Kier molecular flexibility index (Phi) is 19.5. The van der Waals surface area contributed by atoms with E-state index in [-0.39, 0.29) is 12.4 Å². The Morgan fingerprint density at radius 2 is 1.03 bits per heavy atom. The van der Waals surface area contributed by atoms with Gasteiger partial charge in [-0.15, -0.1) is 0 Å². The highest BCUT2D eigenvalue weighted by Crippen LogP contribution is 2.24. The minimum absolute atomic E-state index is 0. The molecule has 1 aromatic rings. The third kappa shape index (κ3) is 17.2. The van der Waals surface area contributed by atoms with Gasteiger partial charge in [-0.2, -0.15) is 0 Å². The van der Waals surface area contributed by atoms with Gasteiger partial charge in [-0.1, -0.05) is 126 Å². The Balaban J connectivity index is 0.00000900. The lowest BCUT2D eigenvalue weighted by atomic mass is 10.0. The summed E-state index contributed by atoms with van der Waals surface area (Å²) in [4.78, 5) is 0. The lowest BCUT2D eigenvalue weighted by Crippen LogP contribution is -3.00. The van der Waals surface area contributed by atoms with E-state index in [1.165, 1.54) is 115 Å². The van der Waals surface area contributed by atoms with Crippen LogP contribution in [0.5, 0.6) is 0 Å². The fourth-order valence-corrected chi connectivity index (χ4v) is 4.62. The lowest BCUT2D eigenvalue weighted by molar-refractivity contribution is -0.903. The van der Waals surface area contributed by atoms with Crippen LogP contribution >= 0.6 is 23.2 Å². The maximum atomic E-state index is 6.15. The SMILES string of the molecule is CCCCCCCCCCCCCCCCCC[N+](C)(C)Cc1ccc(Cl)c(Cl)c1.[Cl-]. The molecule has 0 heterocycles. The Labute approximate surface area is 210 Å². The van der Waals surface area contributed by atoms with Gasteiger partial charge in [0.15, 0.2) is 0 Å². The van der Waals surface area contributed by atoms with Gasteiger partial charge >= 0.3 is 0 Å². The molecule has 0 atom stereocenters. The van der Waals surface area contributed by atoms with Gasteiger partial charge in [-0.3, -0.25) is 0 Å². The third-order valence-corrected chi connectivity index (χ3v) is 6.95. The Bertz CT molecular complexity index is 545. The minimum atomic E-state index is 0. The second-order valence-electron chi connectivity index (χ2n) is 9.87. The molecule has 0 aromatic heterocycles. The van der Waals surface area contributed by atoms with E-state index in [0.29, 0.717) is 10.0 Å². The van der Waals surface area contributed by atoms with E-state index < -0.39 is 0 Å². The average molecular weight is 493 g/mol. The number of hydrogen-bond acceptors (Lipinski definition) is 0. The molecule has 0 spiro atoms. The number of halogens is 3. The zero-order valence-corrected chi connectivity index (χ0v) is 22.8. The molecule has 4 heteroatoms. The van der Waals surface area contributed by atoms with Crippen LogP contribution < -0.4 is 12.4 Å². The van der Waals surface area contributed by atoms with Gasteiger partial charge in [0.1, 0.15) is 6.54 Å². The van der Waals surface area contributed by atoms with E-state index >= 15 is 0 Å². The average Bonchev–Trinajstić information content (AvgIpc) is 2.70. The molecule has 0 saturated heterocycles. The predicted octanol–water partition coefficient (Wildman–Crippen LogP) is 6.84. The highest BCUT2D eigenvalue weighted by molar-refractivity contribution is 6.42. The van der Waals surface area contributed by atoms with Crippen molar-refractivity contribution >= 4 is 23.2 Å². The molecule has 0 N–H and O–H groups in total. The zero-order chi connectivity index (χ0) is 22.1. The summed E-state index contributed by atoms with van der Waals surface area (Å²) in [5.74, 6) is 0. The first-order valence-electron chi connectivity index (χ1n) is 12.7. The maximum Gasteiger partial charge on any atom is 0.104 e. The van der Waals surface area contributed by atoms with Crippen LogP contribution in [0.1, 0.15) is 115 Å². The van der Waals surface area contributed by atoms with E-state index in [1.807, 2.05) is 12.1 Å². The summed E-state index contributed by atoms with van der Waals surface area (Å²) in [6.45, 7) is 4.52. The second-order valence-corrected chi connectivity index (χ2v) is 10.7. The van der Waals surface area contributed by atoms with Crippen molar-refractivity contribution in [2.45, 2.75) is 116 Å². The van der Waals surface area contributed by atoms with Gasteiger partial charge in [0, 0.05) is 5.56 Å². The predicted molar refractivity (Wildman–Crippen MR) is 137 cm³/mol. The van der Waals surface area contributed by atoms with Crippen molar-refractivity contribution in [3.05, 3.63) is 33.8 Å². The van der Waals surface area contributed by atoms with Crippen LogP contribution in [-0.4, -0.2) is 25.1 Å².